The van der Waals surface area contributed by atoms with Crippen molar-refractivity contribution in [1.82, 2.24) is 26.3 Å². The van der Waals surface area contributed by atoms with Crippen molar-refractivity contribution in [2.75, 3.05) is 6.54 Å². The van der Waals surface area contributed by atoms with Crippen LogP contribution in [0.5, 0.6) is 0 Å². The SMILES string of the molecule is CC[C@H](C)[C@H](NC(=O)[C@@H]1CCCCN1)C(=O)N[C@H](CC(=O)c1nc(C(=O)N[C@H](CCC(=O)O)Cc2ccccc2)cs1)C(C)C.Cl. The first-order valence-corrected chi connectivity index (χ1v) is 16.8. The molecule has 46 heavy (non-hydrogen) atoms. The van der Waals surface area contributed by atoms with E-state index in [0.717, 1.165) is 42.7 Å². The van der Waals surface area contributed by atoms with Gasteiger partial charge in [0.25, 0.3) is 5.91 Å². The van der Waals surface area contributed by atoms with Gasteiger partial charge in [0.15, 0.2) is 10.8 Å². The number of thiazole rings is 1. The summed E-state index contributed by atoms with van der Waals surface area (Å²) in [6, 6.07) is 7.49. The van der Waals surface area contributed by atoms with Crippen LogP contribution in [-0.2, 0) is 20.8 Å². The van der Waals surface area contributed by atoms with Gasteiger partial charge in [0, 0.05) is 30.3 Å². The topological polar surface area (TPSA) is 167 Å². The Hall–Kier alpha value is -3.35. The third-order valence-corrected chi connectivity index (χ3v) is 9.18. The minimum Gasteiger partial charge on any atom is -0.481 e. The van der Waals surface area contributed by atoms with Crippen LogP contribution in [0.15, 0.2) is 35.7 Å². The molecule has 5 atom stereocenters. The zero-order chi connectivity index (χ0) is 32.9. The molecule has 3 rings (SSSR count). The predicted octanol–water partition coefficient (Wildman–Crippen LogP) is 4.16. The van der Waals surface area contributed by atoms with E-state index in [1.165, 1.54) is 5.38 Å². The van der Waals surface area contributed by atoms with E-state index in [0.29, 0.717) is 12.8 Å². The molecule has 13 heteroatoms. The van der Waals surface area contributed by atoms with Crippen molar-refractivity contribution in [3.63, 3.8) is 0 Å². The molecule has 0 spiro atoms. The average molecular weight is 678 g/mol. The van der Waals surface area contributed by atoms with E-state index in [4.69, 9.17) is 5.11 Å². The van der Waals surface area contributed by atoms with Gasteiger partial charge in [-0.15, -0.1) is 23.7 Å². The molecule has 5 N–H and O–H groups in total. The second-order valence-corrected chi connectivity index (χ2v) is 13.0. The van der Waals surface area contributed by atoms with E-state index in [1.807, 2.05) is 58.0 Å². The first kappa shape index (κ1) is 38.8. The van der Waals surface area contributed by atoms with Crippen LogP contribution in [0.4, 0.5) is 0 Å². The number of benzene rings is 1. The molecule has 1 aliphatic heterocycles. The van der Waals surface area contributed by atoms with E-state index in [9.17, 15) is 24.0 Å². The zero-order valence-electron chi connectivity index (χ0n) is 27.0. The molecule has 1 aromatic carbocycles. The largest absolute Gasteiger partial charge is 0.481 e. The Kier molecular flexibility index (Phi) is 16.3. The van der Waals surface area contributed by atoms with E-state index < -0.39 is 30.0 Å². The lowest BCUT2D eigenvalue weighted by molar-refractivity contribution is -0.137. The highest BCUT2D eigenvalue weighted by atomic mass is 35.5. The molecule has 0 bridgehead atoms. The fraction of sp³-hybridized carbons (Fsp3) is 0.576. The van der Waals surface area contributed by atoms with Crippen molar-refractivity contribution < 1.29 is 29.1 Å². The monoisotopic (exact) mass is 677 g/mol. The number of ketones is 1. The second kappa shape index (κ2) is 19.3. The molecule has 1 aromatic heterocycles. The summed E-state index contributed by atoms with van der Waals surface area (Å²) in [7, 11) is 0. The number of piperidine rings is 1. The number of amides is 3. The van der Waals surface area contributed by atoms with Crippen LogP contribution in [-0.4, -0.2) is 70.3 Å². The number of halogens is 1. The number of carbonyl (C=O) groups excluding carboxylic acids is 4. The average Bonchev–Trinajstić information content (AvgIpc) is 3.53. The summed E-state index contributed by atoms with van der Waals surface area (Å²) in [6.07, 6.45) is 4.00. The van der Waals surface area contributed by atoms with Crippen molar-refractivity contribution in [3.8, 4) is 0 Å². The molecule has 0 unspecified atom stereocenters. The lowest BCUT2D eigenvalue weighted by atomic mass is 9.94. The highest BCUT2D eigenvalue weighted by molar-refractivity contribution is 7.11. The number of carboxylic acids is 1. The maximum Gasteiger partial charge on any atom is 0.303 e. The maximum atomic E-state index is 13.5. The lowest BCUT2D eigenvalue weighted by Crippen LogP contribution is -2.57. The molecule has 11 nitrogen and oxygen atoms in total. The Balaban J connectivity index is 0.00000736. The number of aliphatic carboxylic acids is 1. The molecule has 0 radical (unpaired) electrons. The molecule has 1 aliphatic rings. The molecule has 2 aromatic rings. The van der Waals surface area contributed by atoms with E-state index in [1.54, 1.807) is 0 Å². The molecule has 0 saturated carbocycles. The maximum absolute atomic E-state index is 13.5. The fourth-order valence-corrected chi connectivity index (χ4v) is 5.98. The van der Waals surface area contributed by atoms with Gasteiger partial charge in [0.05, 0.1) is 6.04 Å². The highest BCUT2D eigenvalue weighted by Crippen LogP contribution is 2.18. The molecule has 2 heterocycles. The van der Waals surface area contributed by atoms with Crippen molar-refractivity contribution in [2.24, 2.45) is 11.8 Å². The highest BCUT2D eigenvalue weighted by Gasteiger charge is 2.32. The number of carbonyl (C=O) groups is 5. The van der Waals surface area contributed by atoms with Crippen molar-refractivity contribution in [1.29, 1.82) is 0 Å². The van der Waals surface area contributed by atoms with Gasteiger partial charge >= 0.3 is 5.97 Å². The van der Waals surface area contributed by atoms with Crippen LogP contribution in [0.25, 0.3) is 0 Å². The van der Waals surface area contributed by atoms with Gasteiger partial charge in [-0.05, 0) is 49.6 Å². The van der Waals surface area contributed by atoms with Gasteiger partial charge < -0.3 is 26.4 Å². The van der Waals surface area contributed by atoms with Gasteiger partial charge in [-0.2, -0.15) is 0 Å². The molecule has 1 saturated heterocycles. The van der Waals surface area contributed by atoms with Crippen LogP contribution < -0.4 is 21.3 Å². The summed E-state index contributed by atoms with van der Waals surface area (Å²) in [5.41, 5.74) is 1.04. The summed E-state index contributed by atoms with van der Waals surface area (Å²) in [4.78, 5) is 68.2. The predicted molar refractivity (Wildman–Crippen MR) is 180 cm³/mol. The number of hydrogen-bond donors (Lipinski definition) is 5. The summed E-state index contributed by atoms with van der Waals surface area (Å²) in [5.74, 6) is -2.44. The van der Waals surface area contributed by atoms with E-state index in [-0.39, 0.29) is 77.8 Å². The Morgan fingerprint density at radius 2 is 1.76 bits per heavy atom. The third kappa shape index (κ3) is 12.1. The molecular formula is C33H48ClN5O6S. The van der Waals surface area contributed by atoms with E-state index in [2.05, 4.69) is 26.3 Å². The quantitative estimate of drug-likeness (QED) is 0.156. The fourth-order valence-electron chi connectivity index (χ4n) is 5.23. The molecule has 3 amide bonds. The third-order valence-electron chi connectivity index (χ3n) is 8.30. The number of hydrogen-bond acceptors (Lipinski definition) is 8. The summed E-state index contributed by atoms with van der Waals surface area (Å²) >= 11 is 1.05. The zero-order valence-corrected chi connectivity index (χ0v) is 28.7. The van der Waals surface area contributed by atoms with Crippen LogP contribution >= 0.6 is 23.7 Å². The number of rotatable bonds is 17. The number of carboxylic acid groups (broad SMARTS) is 1. The Bertz CT molecular complexity index is 1300. The lowest BCUT2D eigenvalue weighted by Gasteiger charge is -2.30. The smallest absolute Gasteiger partial charge is 0.303 e. The van der Waals surface area contributed by atoms with Crippen molar-refractivity contribution >= 4 is 53.2 Å². The van der Waals surface area contributed by atoms with E-state index >= 15 is 0 Å². The molecule has 254 valence electrons. The van der Waals surface area contributed by atoms with Crippen LogP contribution in [0.2, 0.25) is 0 Å². The van der Waals surface area contributed by atoms with Crippen LogP contribution in [0.3, 0.4) is 0 Å². The van der Waals surface area contributed by atoms with Gasteiger partial charge in [0.1, 0.15) is 11.7 Å². The number of nitrogens with zero attached hydrogens (tertiary/aromatic N) is 1. The summed E-state index contributed by atoms with van der Waals surface area (Å²) < 4.78 is 0. The first-order valence-electron chi connectivity index (χ1n) is 15.9. The minimum absolute atomic E-state index is 0. The van der Waals surface area contributed by atoms with Crippen LogP contribution in [0, 0.1) is 11.8 Å². The van der Waals surface area contributed by atoms with Gasteiger partial charge in [-0.25, -0.2) is 4.98 Å². The molecule has 1 fully saturated rings. The Labute approximate surface area is 281 Å². The second-order valence-electron chi connectivity index (χ2n) is 12.2. The number of aromatic nitrogens is 1. The van der Waals surface area contributed by atoms with Crippen molar-refractivity contribution in [3.05, 3.63) is 52.0 Å². The Morgan fingerprint density at radius 3 is 2.37 bits per heavy atom. The van der Waals surface area contributed by atoms with Gasteiger partial charge in [-0.1, -0.05) is 70.9 Å². The normalized spacial score (nSPS) is 17.1. The molecular weight excluding hydrogens is 630 g/mol. The Morgan fingerprint density at radius 1 is 1.04 bits per heavy atom. The minimum atomic E-state index is -0.949. The van der Waals surface area contributed by atoms with Crippen molar-refractivity contribution in [2.45, 2.75) is 103 Å². The van der Waals surface area contributed by atoms with Gasteiger partial charge in [0.2, 0.25) is 11.8 Å². The standard InChI is InChI=1S/C33H47N5O6S.ClH/c1-5-21(4)29(38-30(42)24-13-9-10-16-34-24)32(44)36-25(20(2)3)18-27(39)33-37-26(19-45-33)31(43)35-23(14-15-28(40)41)17-22-11-7-6-8-12-22;/h6-8,11-12,19-21,23-25,29,34H,5,9-10,13-18H2,1-4H3,(H,35,43)(H,36,44)(H,38,42)(H,40,41);1H/t21-,23+,24-,25+,29-;/m0./s1. The first-order chi connectivity index (χ1) is 21.5. The van der Waals surface area contributed by atoms with Crippen LogP contribution in [0.1, 0.15) is 98.5 Å². The van der Waals surface area contributed by atoms with Gasteiger partial charge in [-0.3, -0.25) is 24.0 Å². The molecule has 0 aliphatic carbocycles. The summed E-state index contributed by atoms with van der Waals surface area (Å²) in [5, 5.41) is 22.9. The number of nitrogens with one attached hydrogen (secondary N) is 4. The number of Topliss-reactive ketones (excluding diaryl/α,β-unsaturated/α-hetero) is 1. The summed E-state index contributed by atoms with van der Waals surface area (Å²) in [6.45, 7) is 8.47.